The van der Waals surface area contributed by atoms with E-state index in [2.05, 4.69) is 71.0 Å². The van der Waals surface area contributed by atoms with Crippen LogP contribution in [0.1, 0.15) is 22.9 Å². The van der Waals surface area contributed by atoms with Crippen LogP contribution in [-0.2, 0) is 0 Å². The summed E-state index contributed by atoms with van der Waals surface area (Å²) in [5, 5.41) is 4.72. The Bertz CT molecular complexity index is 1110. The molecule has 0 saturated carbocycles. The second-order valence-electron chi connectivity index (χ2n) is 6.35. The molecule has 3 aromatic carbocycles. The topological polar surface area (TPSA) is 37.3 Å². The molecular formula is C23H17N3. The van der Waals surface area contributed by atoms with E-state index < -0.39 is 0 Å². The number of anilines is 1. The first-order chi connectivity index (χ1) is 12.9. The summed E-state index contributed by atoms with van der Waals surface area (Å²) in [6, 6.07) is 29.0. The van der Waals surface area contributed by atoms with Gasteiger partial charge in [0, 0.05) is 34.0 Å². The molecule has 5 rings (SSSR count). The van der Waals surface area contributed by atoms with Crippen LogP contribution in [0.15, 0.2) is 96.1 Å². The summed E-state index contributed by atoms with van der Waals surface area (Å²) < 4.78 is 0. The van der Waals surface area contributed by atoms with E-state index in [1.54, 1.807) is 0 Å². The van der Waals surface area contributed by atoms with Crippen LogP contribution >= 0.6 is 0 Å². The molecule has 0 radical (unpaired) electrons. The van der Waals surface area contributed by atoms with Crippen molar-refractivity contribution in [2.75, 3.05) is 5.32 Å². The third kappa shape index (κ3) is 2.45. The standard InChI is InChI=1S/C23H17N3/c1-2-8-16(9-3-1)22-19-11-5-7-13-21(19)25-23(26-22)18-14-15-24-20-12-6-4-10-17(18)20/h1-15,23,25H. The van der Waals surface area contributed by atoms with Crippen molar-refractivity contribution in [2.24, 2.45) is 4.99 Å². The van der Waals surface area contributed by atoms with E-state index >= 15 is 0 Å². The lowest BCUT2D eigenvalue weighted by molar-refractivity contribution is 0.835. The highest BCUT2D eigenvalue weighted by Gasteiger charge is 2.23. The largest absolute Gasteiger partial charge is 0.359 e. The molecule has 1 atom stereocenters. The Morgan fingerprint density at radius 1 is 0.731 bits per heavy atom. The molecule has 124 valence electrons. The number of nitrogens with zero attached hydrogens (tertiary/aromatic N) is 2. The molecule has 0 saturated heterocycles. The van der Waals surface area contributed by atoms with Gasteiger partial charge in [0.05, 0.1) is 11.2 Å². The average Bonchev–Trinajstić information content (AvgIpc) is 2.73. The van der Waals surface area contributed by atoms with E-state index in [4.69, 9.17) is 4.99 Å². The van der Waals surface area contributed by atoms with E-state index in [9.17, 15) is 0 Å². The lowest BCUT2D eigenvalue weighted by Crippen LogP contribution is -2.20. The fourth-order valence-corrected chi connectivity index (χ4v) is 3.52. The van der Waals surface area contributed by atoms with Gasteiger partial charge < -0.3 is 5.32 Å². The maximum Gasteiger partial charge on any atom is 0.146 e. The lowest BCUT2D eigenvalue weighted by Gasteiger charge is -2.26. The molecule has 0 amide bonds. The summed E-state index contributed by atoms with van der Waals surface area (Å²) in [5.74, 6) is 0. The van der Waals surface area contributed by atoms with E-state index in [-0.39, 0.29) is 6.17 Å². The molecule has 3 nitrogen and oxygen atoms in total. The maximum absolute atomic E-state index is 5.09. The number of pyridine rings is 1. The van der Waals surface area contributed by atoms with Crippen LogP contribution in [0.5, 0.6) is 0 Å². The van der Waals surface area contributed by atoms with Crippen molar-refractivity contribution in [3.8, 4) is 0 Å². The van der Waals surface area contributed by atoms with Gasteiger partial charge in [-0.15, -0.1) is 0 Å². The molecule has 1 unspecified atom stereocenters. The number of hydrogen-bond donors (Lipinski definition) is 1. The first kappa shape index (κ1) is 14.8. The fraction of sp³-hybridized carbons (Fsp3) is 0.0435. The van der Waals surface area contributed by atoms with Crippen molar-refractivity contribution in [2.45, 2.75) is 6.17 Å². The van der Waals surface area contributed by atoms with E-state index in [0.717, 1.165) is 39.0 Å². The summed E-state index contributed by atoms with van der Waals surface area (Å²) >= 11 is 0. The predicted octanol–water partition coefficient (Wildman–Crippen LogP) is 5.20. The minimum Gasteiger partial charge on any atom is -0.359 e. The Hall–Kier alpha value is -3.46. The third-order valence-electron chi connectivity index (χ3n) is 4.76. The van der Waals surface area contributed by atoms with Crippen LogP contribution in [0.25, 0.3) is 10.9 Å². The van der Waals surface area contributed by atoms with Crippen molar-refractivity contribution in [3.63, 3.8) is 0 Å². The Kier molecular flexibility index (Phi) is 3.49. The van der Waals surface area contributed by atoms with Crippen molar-refractivity contribution in [1.29, 1.82) is 0 Å². The molecule has 3 heteroatoms. The maximum atomic E-state index is 5.09. The van der Waals surface area contributed by atoms with Gasteiger partial charge >= 0.3 is 0 Å². The second-order valence-corrected chi connectivity index (χ2v) is 6.35. The Labute approximate surface area is 152 Å². The first-order valence-corrected chi connectivity index (χ1v) is 8.73. The number of rotatable bonds is 2. The highest BCUT2D eigenvalue weighted by Crippen LogP contribution is 2.34. The smallest absolute Gasteiger partial charge is 0.146 e. The van der Waals surface area contributed by atoms with Gasteiger partial charge in [-0.3, -0.25) is 9.98 Å². The minimum atomic E-state index is -0.145. The van der Waals surface area contributed by atoms with Crippen LogP contribution in [0.3, 0.4) is 0 Å². The number of hydrogen-bond acceptors (Lipinski definition) is 3. The molecule has 4 aromatic rings. The third-order valence-corrected chi connectivity index (χ3v) is 4.76. The van der Waals surface area contributed by atoms with E-state index in [0.29, 0.717) is 0 Å². The van der Waals surface area contributed by atoms with Gasteiger partial charge in [-0.25, -0.2) is 0 Å². The van der Waals surface area contributed by atoms with Gasteiger partial charge in [-0.1, -0.05) is 66.7 Å². The van der Waals surface area contributed by atoms with Gasteiger partial charge in [-0.2, -0.15) is 0 Å². The quantitative estimate of drug-likeness (QED) is 0.547. The predicted molar refractivity (Wildman–Crippen MR) is 107 cm³/mol. The zero-order chi connectivity index (χ0) is 17.3. The molecule has 1 aliphatic heterocycles. The molecule has 0 aliphatic carbocycles. The van der Waals surface area contributed by atoms with Gasteiger partial charge in [0.1, 0.15) is 6.17 Å². The molecule has 0 bridgehead atoms. The number of para-hydroxylation sites is 2. The van der Waals surface area contributed by atoms with Gasteiger partial charge in [-0.05, 0) is 18.2 Å². The molecule has 2 heterocycles. The average molecular weight is 335 g/mol. The number of aromatic nitrogens is 1. The number of aliphatic imine (C=N–C) groups is 1. The first-order valence-electron chi connectivity index (χ1n) is 8.73. The summed E-state index contributed by atoms with van der Waals surface area (Å²) in [4.78, 5) is 9.57. The van der Waals surface area contributed by atoms with Crippen molar-refractivity contribution < 1.29 is 0 Å². The molecule has 0 spiro atoms. The summed E-state index contributed by atoms with van der Waals surface area (Å²) in [6.07, 6.45) is 1.71. The Morgan fingerprint density at radius 3 is 2.42 bits per heavy atom. The van der Waals surface area contributed by atoms with E-state index in [1.807, 2.05) is 30.5 Å². The molecule has 1 aliphatic rings. The van der Waals surface area contributed by atoms with Crippen LogP contribution < -0.4 is 5.32 Å². The van der Waals surface area contributed by atoms with Crippen LogP contribution in [0, 0.1) is 0 Å². The van der Waals surface area contributed by atoms with Gasteiger partial charge in [0.15, 0.2) is 0 Å². The zero-order valence-electron chi connectivity index (χ0n) is 14.1. The summed E-state index contributed by atoms with van der Waals surface area (Å²) in [6.45, 7) is 0. The molecule has 1 aromatic heterocycles. The van der Waals surface area contributed by atoms with Crippen molar-refractivity contribution >= 4 is 22.3 Å². The van der Waals surface area contributed by atoms with Crippen molar-refractivity contribution in [1.82, 2.24) is 4.98 Å². The normalized spacial score (nSPS) is 15.8. The minimum absolute atomic E-state index is 0.145. The highest BCUT2D eigenvalue weighted by atomic mass is 15.1. The fourth-order valence-electron chi connectivity index (χ4n) is 3.52. The van der Waals surface area contributed by atoms with Crippen LogP contribution in [0.4, 0.5) is 5.69 Å². The zero-order valence-corrected chi connectivity index (χ0v) is 14.1. The summed E-state index contributed by atoms with van der Waals surface area (Å²) in [7, 11) is 0. The van der Waals surface area contributed by atoms with Crippen molar-refractivity contribution in [3.05, 3.63) is 108 Å². The Morgan fingerprint density at radius 2 is 1.50 bits per heavy atom. The molecule has 26 heavy (non-hydrogen) atoms. The molecule has 1 N–H and O–H groups in total. The Balaban J connectivity index is 1.71. The highest BCUT2D eigenvalue weighted by molar-refractivity contribution is 6.17. The molecule has 0 fully saturated rings. The van der Waals surface area contributed by atoms with Crippen LogP contribution in [-0.4, -0.2) is 10.7 Å². The van der Waals surface area contributed by atoms with Gasteiger partial charge in [0.25, 0.3) is 0 Å². The monoisotopic (exact) mass is 335 g/mol. The molecular weight excluding hydrogens is 318 g/mol. The number of benzene rings is 3. The second kappa shape index (κ2) is 6.12. The lowest BCUT2D eigenvalue weighted by atomic mass is 9.97. The number of nitrogens with one attached hydrogen (secondary N) is 1. The van der Waals surface area contributed by atoms with Gasteiger partial charge in [0.2, 0.25) is 0 Å². The summed E-state index contributed by atoms with van der Waals surface area (Å²) in [5.41, 5.74) is 6.51. The SMILES string of the molecule is c1ccc(C2=NC(c3ccnc4ccccc34)Nc3ccccc32)cc1. The number of fused-ring (bicyclic) bond motifs is 2. The van der Waals surface area contributed by atoms with Crippen LogP contribution in [0.2, 0.25) is 0 Å². The van der Waals surface area contributed by atoms with E-state index in [1.165, 1.54) is 0 Å².